The number of ether oxygens (including phenoxy) is 1. The zero-order chi connectivity index (χ0) is 19.3. The fourth-order valence-corrected chi connectivity index (χ4v) is 17.6. The van der Waals surface area contributed by atoms with E-state index in [1.807, 2.05) is 19.1 Å². The van der Waals surface area contributed by atoms with Crippen LogP contribution in [0.25, 0.3) is 6.08 Å². The monoisotopic (exact) mass is 466 g/mol. The first-order valence-corrected chi connectivity index (χ1v) is 18.3. The summed E-state index contributed by atoms with van der Waals surface area (Å²) < 4.78 is 12.2. The summed E-state index contributed by atoms with van der Waals surface area (Å²) >= 11 is -2.22. The van der Waals surface area contributed by atoms with E-state index in [0.717, 1.165) is 0 Å². The van der Waals surface area contributed by atoms with E-state index < -0.39 is 18.4 Å². The molecule has 0 aliphatic rings. The minimum atomic E-state index is -2.22. The van der Waals surface area contributed by atoms with Gasteiger partial charge in [0.2, 0.25) is 0 Å². The number of carbonyl (C=O) groups is 1. The molecule has 1 rings (SSSR count). The zero-order valence-electron chi connectivity index (χ0n) is 17.4. The Hall–Kier alpha value is -0.771. The van der Waals surface area contributed by atoms with E-state index in [9.17, 15) is 4.79 Å². The zero-order valence-corrected chi connectivity index (χ0v) is 20.2. The molecule has 0 aliphatic carbocycles. The van der Waals surface area contributed by atoms with Crippen LogP contribution < -0.4 is 0 Å². The van der Waals surface area contributed by atoms with Gasteiger partial charge >= 0.3 is 166 Å². The van der Waals surface area contributed by atoms with Crippen molar-refractivity contribution in [2.24, 2.45) is 0 Å². The van der Waals surface area contributed by atoms with Gasteiger partial charge < -0.3 is 0 Å². The summed E-state index contributed by atoms with van der Waals surface area (Å²) in [5, 5.41) is 0. The van der Waals surface area contributed by atoms with Crippen molar-refractivity contribution in [3.63, 3.8) is 0 Å². The SMILES string of the molecule is CCC[CH2][Sn]([CH]=Cc1ccc(C(=O)OCC)cc1)([CH2]CCC)[CH2]CCC. The van der Waals surface area contributed by atoms with E-state index >= 15 is 0 Å². The molecule has 1 aromatic carbocycles. The molecule has 0 atom stereocenters. The van der Waals surface area contributed by atoms with Crippen molar-refractivity contribution in [2.75, 3.05) is 6.61 Å². The van der Waals surface area contributed by atoms with Gasteiger partial charge in [0.1, 0.15) is 0 Å². The standard InChI is InChI=1S/C11H11O2.3C4H9.Sn/c1-3-9-5-7-10(8-6-9)11(12)13-4-2;3*1-3-4-2;/h1,3,5-8H,4H2,2H3;3*1,3-4H2,2H3;. The summed E-state index contributed by atoms with van der Waals surface area (Å²) in [6.07, 6.45) is 10.4. The first-order chi connectivity index (χ1) is 12.6. The summed E-state index contributed by atoms with van der Waals surface area (Å²) in [6.45, 7) is 9.20. The van der Waals surface area contributed by atoms with Crippen LogP contribution in [0.3, 0.4) is 0 Å². The molecule has 0 heterocycles. The molecule has 146 valence electrons. The van der Waals surface area contributed by atoms with Crippen LogP contribution in [0.1, 0.15) is 82.1 Å². The summed E-state index contributed by atoms with van der Waals surface area (Å²) in [7, 11) is 0. The molecule has 0 radical (unpaired) electrons. The molecule has 3 heteroatoms. The van der Waals surface area contributed by atoms with Gasteiger partial charge in [-0.3, -0.25) is 0 Å². The van der Waals surface area contributed by atoms with Crippen LogP contribution in [-0.2, 0) is 4.74 Å². The molecular formula is C23H38O2Sn. The Labute approximate surface area is 165 Å². The quantitative estimate of drug-likeness (QED) is 0.226. The molecule has 0 bridgehead atoms. The summed E-state index contributed by atoms with van der Waals surface area (Å²) in [5.74, 6) is -0.231. The first kappa shape index (κ1) is 23.3. The van der Waals surface area contributed by atoms with Gasteiger partial charge in [-0.2, -0.15) is 0 Å². The molecular weight excluding hydrogens is 427 g/mol. The van der Waals surface area contributed by atoms with E-state index in [-0.39, 0.29) is 5.97 Å². The predicted molar refractivity (Wildman–Crippen MR) is 116 cm³/mol. The Morgan fingerprint density at radius 2 is 1.38 bits per heavy atom. The molecule has 0 aliphatic heterocycles. The maximum atomic E-state index is 11.8. The molecule has 0 saturated heterocycles. The van der Waals surface area contributed by atoms with Gasteiger partial charge in [-0.15, -0.1) is 0 Å². The molecule has 1 aromatic rings. The molecule has 2 nitrogen and oxygen atoms in total. The number of unbranched alkanes of at least 4 members (excludes halogenated alkanes) is 3. The van der Waals surface area contributed by atoms with Gasteiger partial charge in [-0.25, -0.2) is 0 Å². The molecule has 0 unspecified atom stereocenters. The van der Waals surface area contributed by atoms with Gasteiger partial charge in [-0.1, -0.05) is 0 Å². The average molecular weight is 465 g/mol. The number of rotatable bonds is 13. The molecule has 0 aromatic heterocycles. The third-order valence-corrected chi connectivity index (χ3v) is 19.2. The van der Waals surface area contributed by atoms with Gasteiger partial charge in [0.05, 0.1) is 0 Å². The fourth-order valence-electron chi connectivity index (χ4n) is 3.43. The maximum absolute atomic E-state index is 11.8. The Morgan fingerprint density at radius 3 is 1.81 bits per heavy atom. The van der Waals surface area contributed by atoms with Gasteiger partial charge in [-0.05, 0) is 0 Å². The normalized spacial score (nSPS) is 11.8. The third kappa shape index (κ3) is 8.28. The van der Waals surface area contributed by atoms with Crippen molar-refractivity contribution >= 4 is 30.4 Å². The van der Waals surface area contributed by atoms with Crippen LogP contribution in [0.15, 0.2) is 28.4 Å². The predicted octanol–water partition coefficient (Wildman–Crippen LogP) is 7.26. The molecule has 26 heavy (non-hydrogen) atoms. The molecule has 0 spiro atoms. The topological polar surface area (TPSA) is 26.3 Å². The summed E-state index contributed by atoms with van der Waals surface area (Å²) in [5.41, 5.74) is 1.85. The number of hydrogen-bond acceptors (Lipinski definition) is 2. The van der Waals surface area contributed by atoms with Crippen molar-refractivity contribution in [2.45, 2.75) is 79.5 Å². The second-order valence-electron chi connectivity index (χ2n) is 7.35. The van der Waals surface area contributed by atoms with Crippen LogP contribution in [-0.4, -0.2) is 31.0 Å². The molecule has 0 N–H and O–H groups in total. The number of benzene rings is 1. The number of carbonyl (C=O) groups excluding carboxylic acids is 1. The van der Waals surface area contributed by atoms with Crippen molar-refractivity contribution in [1.82, 2.24) is 0 Å². The Balaban J connectivity index is 2.93. The van der Waals surface area contributed by atoms with Crippen LogP contribution in [0, 0.1) is 0 Å². The van der Waals surface area contributed by atoms with E-state index in [2.05, 4.69) is 43.1 Å². The van der Waals surface area contributed by atoms with Crippen molar-refractivity contribution in [3.8, 4) is 0 Å². The van der Waals surface area contributed by atoms with Crippen LogP contribution in [0.2, 0.25) is 13.3 Å². The second kappa shape index (κ2) is 13.4. The average Bonchev–Trinajstić information content (AvgIpc) is 2.67. The summed E-state index contributed by atoms with van der Waals surface area (Å²) in [4.78, 5) is 11.8. The minimum absolute atomic E-state index is 0.231. The van der Waals surface area contributed by atoms with Gasteiger partial charge in [0.25, 0.3) is 0 Å². The number of esters is 1. The Morgan fingerprint density at radius 1 is 0.885 bits per heavy atom. The van der Waals surface area contributed by atoms with Crippen molar-refractivity contribution in [3.05, 3.63) is 39.5 Å². The molecule has 0 saturated carbocycles. The van der Waals surface area contributed by atoms with Crippen LogP contribution in [0.4, 0.5) is 0 Å². The Kier molecular flexibility index (Phi) is 12.0. The Bertz CT molecular complexity index is 512. The fraction of sp³-hybridized carbons (Fsp3) is 0.609. The van der Waals surface area contributed by atoms with E-state index in [1.54, 1.807) is 0 Å². The van der Waals surface area contributed by atoms with E-state index in [1.165, 1.54) is 57.4 Å². The van der Waals surface area contributed by atoms with Crippen LogP contribution >= 0.6 is 0 Å². The van der Waals surface area contributed by atoms with Crippen molar-refractivity contribution < 1.29 is 9.53 Å². The first-order valence-electron chi connectivity index (χ1n) is 10.6. The van der Waals surface area contributed by atoms with Crippen molar-refractivity contribution in [1.29, 1.82) is 0 Å². The third-order valence-electron chi connectivity index (χ3n) is 5.14. The van der Waals surface area contributed by atoms with Gasteiger partial charge in [0, 0.05) is 0 Å². The van der Waals surface area contributed by atoms with E-state index in [0.29, 0.717) is 12.2 Å². The number of hydrogen-bond donors (Lipinski definition) is 0. The molecule has 0 fully saturated rings. The summed E-state index contributed by atoms with van der Waals surface area (Å²) in [6, 6.07) is 7.88. The van der Waals surface area contributed by atoms with E-state index in [4.69, 9.17) is 4.74 Å². The molecule has 0 amide bonds. The van der Waals surface area contributed by atoms with Crippen LogP contribution in [0.5, 0.6) is 0 Å². The second-order valence-corrected chi connectivity index (χ2v) is 20.4. The van der Waals surface area contributed by atoms with Gasteiger partial charge in [0.15, 0.2) is 0 Å².